The second-order valence-corrected chi connectivity index (χ2v) is 7.22. The summed E-state index contributed by atoms with van der Waals surface area (Å²) in [5.41, 5.74) is 3.89. The van der Waals surface area contributed by atoms with Gasteiger partial charge in [-0.05, 0) is 23.3 Å². The van der Waals surface area contributed by atoms with E-state index in [1.807, 2.05) is 30.5 Å². The van der Waals surface area contributed by atoms with E-state index in [2.05, 4.69) is 49.4 Å². The smallest absolute Gasteiger partial charge is 0.253 e. The van der Waals surface area contributed by atoms with Crippen LogP contribution in [0.15, 0.2) is 73.3 Å². The van der Waals surface area contributed by atoms with Gasteiger partial charge in [0.1, 0.15) is 0 Å². The Labute approximate surface area is 171 Å². The summed E-state index contributed by atoms with van der Waals surface area (Å²) in [7, 11) is 0. The molecule has 0 atom stereocenters. The van der Waals surface area contributed by atoms with Crippen LogP contribution in [-0.2, 0) is 13.1 Å². The van der Waals surface area contributed by atoms with Gasteiger partial charge in [-0.3, -0.25) is 19.7 Å². The first kappa shape index (κ1) is 19.1. The maximum absolute atomic E-state index is 12.5. The molecular formula is C23H25N5O. The fourth-order valence-corrected chi connectivity index (χ4v) is 3.52. The van der Waals surface area contributed by atoms with E-state index >= 15 is 0 Å². The average molecular weight is 387 g/mol. The van der Waals surface area contributed by atoms with Gasteiger partial charge in [0.05, 0.1) is 17.4 Å². The van der Waals surface area contributed by atoms with E-state index in [-0.39, 0.29) is 5.91 Å². The summed E-state index contributed by atoms with van der Waals surface area (Å²) in [5, 5.41) is 2.93. The van der Waals surface area contributed by atoms with Gasteiger partial charge in [-0.15, -0.1) is 0 Å². The van der Waals surface area contributed by atoms with Gasteiger partial charge in [0.25, 0.3) is 5.91 Å². The van der Waals surface area contributed by atoms with Crippen LogP contribution in [0.2, 0.25) is 0 Å². The van der Waals surface area contributed by atoms with Gasteiger partial charge in [0.2, 0.25) is 0 Å². The Morgan fingerprint density at radius 3 is 2.45 bits per heavy atom. The standard InChI is InChI=1S/C23H25N5O/c29-23(26-15-20-7-4-8-24-14-20)21-13-22(17-25-16-21)28-11-9-27(10-12-28)18-19-5-2-1-3-6-19/h1-8,13-14,16-17H,9-12,15,18H2,(H,26,29). The topological polar surface area (TPSA) is 61.4 Å². The van der Waals surface area contributed by atoms with Crippen LogP contribution >= 0.6 is 0 Å². The molecule has 0 bridgehead atoms. The molecule has 6 nitrogen and oxygen atoms in total. The van der Waals surface area contributed by atoms with Crippen molar-refractivity contribution in [3.05, 3.63) is 90.0 Å². The van der Waals surface area contributed by atoms with Crippen molar-refractivity contribution in [2.24, 2.45) is 0 Å². The van der Waals surface area contributed by atoms with Gasteiger partial charge in [-0.2, -0.15) is 0 Å². The molecule has 1 N–H and O–H groups in total. The molecule has 29 heavy (non-hydrogen) atoms. The summed E-state index contributed by atoms with van der Waals surface area (Å²) in [4.78, 5) is 25.6. The number of aromatic nitrogens is 2. The van der Waals surface area contributed by atoms with Crippen molar-refractivity contribution < 1.29 is 4.79 Å². The molecule has 0 unspecified atom stereocenters. The molecule has 3 aromatic rings. The largest absolute Gasteiger partial charge is 0.368 e. The lowest BCUT2D eigenvalue weighted by atomic mass is 10.2. The lowest BCUT2D eigenvalue weighted by Crippen LogP contribution is -2.46. The normalized spacial score (nSPS) is 14.6. The van der Waals surface area contributed by atoms with Gasteiger partial charge in [-0.25, -0.2) is 0 Å². The van der Waals surface area contributed by atoms with Gasteiger partial charge >= 0.3 is 0 Å². The number of carbonyl (C=O) groups is 1. The molecule has 1 aliphatic rings. The van der Waals surface area contributed by atoms with E-state index in [0.717, 1.165) is 44.0 Å². The number of hydrogen-bond donors (Lipinski definition) is 1. The van der Waals surface area contributed by atoms with E-state index in [1.54, 1.807) is 18.6 Å². The first-order valence-electron chi connectivity index (χ1n) is 9.91. The molecule has 2 aromatic heterocycles. The van der Waals surface area contributed by atoms with E-state index in [4.69, 9.17) is 0 Å². The van der Waals surface area contributed by atoms with Gasteiger partial charge in [0.15, 0.2) is 0 Å². The van der Waals surface area contributed by atoms with Crippen LogP contribution in [0.4, 0.5) is 5.69 Å². The SMILES string of the molecule is O=C(NCc1cccnc1)c1cncc(N2CCN(Cc3ccccc3)CC2)c1. The Kier molecular flexibility index (Phi) is 6.12. The Morgan fingerprint density at radius 2 is 1.69 bits per heavy atom. The molecule has 6 heteroatoms. The summed E-state index contributed by atoms with van der Waals surface area (Å²) in [6, 6.07) is 16.3. The van der Waals surface area contributed by atoms with Crippen molar-refractivity contribution in [1.29, 1.82) is 0 Å². The molecule has 0 saturated carbocycles. The molecule has 1 saturated heterocycles. The molecule has 0 radical (unpaired) electrons. The van der Waals surface area contributed by atoms with Crippen molar-refractivity contribution in [2.75, 3.05) is 31.1 Å². The van der Waals surface area contributed by atoms with Crippen molar-refractivity contribution in [3.63, 3.8) is 0 Å². The van der Waals surface area contributed by atoms with Crippen LogP contribution in [0.3, 0.4) is 0 Å². The molecule has 0 spiro atoms. The van der Waals surface area contributed by atoms with Gasteiger partial charge in [-0.1, -0.05) is 36.4 Å². The van der Waals surface area contributed by atoms with Crippen LogP contribution < -0.4 is 10.2 Å². The summed E-state index contributed by atoms with van der Waals surface area (Å²) >= 11 is 0. The Hall–Kier alpha value is -3.25. The number of carbonyl (C=O) groups excluding carboxylic acids is 1. The molecule has 3 heterocycles. The van der Waals surface area contributed by atoms with Crippen molar-refractivity contribution in [2.45, 2.75) is 13.1 Å². The molecule has 1 aliphatic heterocycles. The maximum Gasteiger partial charge on any atom is 0.253 e. The summed E-state index contributed by atoms with van der Waals surface area (Å²) in [6.45, 7) is 5.27. The Bertz CT molecular complexity index is 924. The number of anilines is 1. The highest BCUT2D eigenvalue weighted by Gasteiger charge is 2.18. The molecule has 148 valence electrons. The number of benzene rings is 1. The van der Waals surface area contributed by atoms with E-state index in [1.165, 1.54) is 5.56 Å². The van der Waals surface area contributed by atoms with E-state index in [9.17, 15) is 4.79 Å². The molecular weight excluding hydrogens is 362 g/mol. The number of nitrogens with zero attached hydrogens (tertiary/aromatic N) is 4. The van der Waals surface area contributed by atoms with Crippen LogP contribution in [0.1, 0.15) is 21.5 Å². The third kappa shape index (κ3) is 5.18. The predicted octanol–water partition coefficient (Wildman–Crippen LogP) is 2.73. The zero-order valence-corrected chi connectivity index (χ0v) is 16.4. The van der Waals surface area contributed by atoms with Crippen molar-refractivity contribution in [1.82, 2.24) is 20.2 Å². The minimum Gasteiger partial charge on any atom is -0.368 e. The van der Waals surface area contributed by atoms with Crippen LogP contribution in [0.5, 0.6) is 0 Å². The third-order valence-corrected chi connectivity index (χ3v) is 5.15. The number of nitrogens with one attached hydrogen (secondary N) is 1. The first-order valence-corrected chi connectivity index (χ1v) is 9.91. The zero-order valence-electron chi connectivity index (χ0n) is 16.4. The lowest BCUT2D eigenvalue weighted by Gasteiger charge is -2.36. The number of piperazine rings is 1. The predicted molar refractivity (Wildman–Crippen MR) is 114 cm³/mol. The number of amides is 1. The average Bonchev–Trinajstić information content (AvgIpc) is 2.79. The highest BCUT2D eigenvalue weighted by atomic mass is 16.1. The van der Waals surface area contributed by atoms with Crippen LogP contribution in [-0.4, -0.2) is 47.0 Å². The third-order valence-electron chi connectivity index (χ3n) is 5.15. The number of rotatable bonds is 6. The highest BCUT2D eigenvalue weighted by Crippen LogP contribution is 2.18. The van der Waals surface area contributed by atoms with Crippen LogP contribution in [0.25, 0.3) is 0 Å². The zero-order chi connectivity index (χ0) is 19.9. The molecule has 0 aliphatic carbocycles. The highest BCUT2D eigenvalue weighted by molar-refractivity contribution is 5.94. The van der Waals surface area contributed by atoms with Crippen molar-refractivity contribution in [3.8, 4) is 0 Å². The van der Waals surface area contributed by atoms with Gasteiger partial charge in [0, 0.05) is 57.9 Å². The van der Waals surface area contributed by atoms with Gasteiger partial charge < -0.3 is 10.2 Å². The quantitative estimate of drug-likeness (QED) is 0.705. The summed E-state index contributed by atoms with van der Waals surface area (Å²) in [6.07, 6.45) is 6.93. The molecule has 1 amide bonds. The summed E-state index contributed by atoms with van der Waals surface area (Å²) < 4.78 is 0. The second kappa shape index (κ2) is 9.30. The fraction of sp³-hybridized carbons (Fsp3) is 0.261. The minimum absolute atomic E-state index is 0.120. The summed E-state index contributed by atoms with van der Waals surface area (Å²) in [5.74, 6) is -0.120. The molecule has 4 rings (SSSR count). The minimum atomic E-state index is -0.120. The molecule has 1 fully saturated rings. The number of hydrogen-bond acceptors (Lipinski definition) is 5. The first-order chi connectivity index (χ1) is 14.3. The molecule has 1 aromatic carbocycles. The van der Waals surface area contributed by atoms with Crippen molar-refractivity contribution >= 4 is 11.6 Å². The van der Waals surface area contributed by atoms with E-state index in [0.29, 0.717) is 12.1 Å². The monoisotopic (exact) mass is 387 g/mol. The second-order valence-electron chi connectivity index (χ2n) is 7.22. The Morgan fingerprint density at radius 1 is 0.897 bits per heavy atom. The van der Waals surface area contributed by atoms with E-state index < -0.39 is 0 Å². The maximum atomic E-state index is 12.5. The Balaban J connectivity index is 1.32. The van der Waals surface area contributed by atoms with Crippen LogP contribution in [0, 0.1) is 0 Å². The lowest BCUT2D eigenvalue weighted by molar-refractivity contribution is 0.0950. The fourth-order valence-electron chi connectivity index (χ4n) is 3.52. The number of pyridine rings is 2.